The third kappa shape index (κ3) is 3.53. The highest BCUT2D eigenvalue weighted by atomic mass is 35.5. The minimum absolute atomic E-state index is 0.253. The molecular weight excluding hydrogens is 370 g/mol. The van der Waals surface area contributed by atoms with E-state index >= 15 is 0 Å². The fourth-order valence-electron chi connectivity index (χ4n) is 3.27. The van der Waals surface area contributed by atoms with Gasteiger partial charge in [0.05, 0.1) is 17.0 Å². The number of hydrogen-bond acceptors (Lipinski definition) is 2. The van der Waals surface area contributed by atoms with Gasteiger partial charge in [-0.15, -0.1) is 0 Å². The van der Waals surface area contributed by atoms with Gasteiger partial charge in [0.25, 0.3) is 0 Å². The van der Waals surface area contributed by atoms with Crippen LogP contribution < -0.4 is 0 Å². The zero-order valence-corrected chi connectivity index (χ0v) is 15.6. The van der Waals surface area contributed by atoms with E-state index in [1.54, 1.807) is 24.3 Å². The van der Waals surface area contributed by atoms with Crippen LogP contribution in [0.4, 0.5) is 5.69 Å². The number of carbonyl (C=O) groups is 1. The zero-order valence-electron chi connectivity index (χ0n) is 14.8. The Morgan fingerprint density at radius 1 is 0.786 bits per heavy atom. The summed E-state index contributed by atoms with van der Waals surface area (Å²) in [5.41, 5.74) is 3.32. The molecule has 0 spiro atoms. The number of aromatic carboxylic acids is 1. The molecule has 0 unspecified atom stereocenters. The van der Waals surface area contributed by atoms with Crippen LogP contribution in [0.5, 0.6) is 0 Å². The number of carboxylic acids is 1. The molecule has 4 aromatic carbocycles. The summed E-state index contributed by atoms with van der Waals surface area (Å²) < 4.78 is 0. The van der Waals surface area contributed by atoms with Crippen LogP contribution in [0.3, 0.4) is 0 Å². The summed E-state index contributed by atoms with van der Waals surface area (Å²) in [6.45, 7) is 0. The van der Waals surface area contributed by atoms with E-state index in [9.17, 15) is 9.90 Å². The molecule has 28 heavy (non-hydrogen) atoms. The fraction of sp³-hybridized carbons (Fsp3) is 0. The highest BCUT2D eigenvalue weighted by Gasteiger charge is 2.16. The summed E-state index contributed by atoms with van der Waals surface area (Å²) in [5.74, 6) is -0.965. The van der Waals surface area contributed by atoms with Crippen LogP contribution >= 0.6 is 11.6 Å². The van der Waals surface area contributed by atoms with Gasteiger partial charge >= 0.3 is 5.97 Å². The van der Waals surface area contributed by atoms with Gasteiger partial charge in [0.1, 0.15) is 0 Å². The van der Waals surface area contributed by atoms with Gasteiger partial charge in [-0.2, -0.15) is 0 Å². The van der Waals surface area contributed by atoms with Crippen molar-refractivity contribution in [2.45, 2.75) is 0 Å². The first-order valence-corrected chi connectivity index (χ1v) is 9.16. The van der Waals surface area contributed by atoms with Crippen LogP contribution in [-0.2, 0) is 0 Å². The quantitative estimate of drug-likeness (QED) is 0.415. The van der Waals surface area contributed by atoms with Gasteiger partial charge in [-0.3, -0.25) is 0 Å². The van der Waals surface area contributed by atoms with Crippen LogP contribution in [0.15, 0.2) is 96.0 Å². The Kier molecular flexibility index (Phi) is 4.92. The maximum Gasteiger partial charge on any atom is 0.336 e. The summed E-state index contributed by atoms with van der Waals surface area (Å²) in [6, 6.07) is 28.1. The van der Waals surface area contributed by atoms with Crippen LogP contribution in [0.2, 0.25) is 5.02 Å². The van der Waals surface area contributed by atoms with Crippen molar-refractivity contribution >= 4 is 39.7 Å². The summed E-state index contributed by atoms with van der Waals surface area (Å²) in [7, 11) is 0. The molecule has 0 fully saturated rings. The van der Waals surface area contributed by atoms with E-state index in [0.717, 1.165) is 16.5 Å². The first-order valence-electron chi connectivity index (χ1n) is 8.78. The maximum absolute atomic E-state index is 11.9. The smallest absolute Gasteiger partial charge is 0.336 e. The summed E-state index contributed by atoms with van der Waals surface area (Å²) in [5, 5.41) is 11.8. The van der Waals surface area contributed by atoms with E-state index in [0.29, 0.717) is 21.8 Å². The second kappa shape index (κ2) is 7.67. The molecule has 0 saturated carbocycles. The molecule has 136 valence electrons. The van der Waals surface area contributed by atoms with E-state index in [-0.39, 0.29) is 5.56 Å². The summed E-state index contributed by atoms with van der Waals surface area (Å²) in [6.07, 6.45) is 0. The van der Waals surface area contributed by atoms with Gasteiger partial charge in [-0.05, 0) is 29.7 Å². The molecule has 1 N–H and O–H groups in total. The monoisotopic (exact) mass is 385 g/mol. The minimum Gasteiger partial charge on any atom is -0.478 e. The van der Waals surface area contributed by atoms with Crippen LogP contribution in [-0.4, -0.2) is 16.8 Å². The lowest BCUT2D eigenvalue weighted by Crippen LogP contribution is -2.07. The van der Waals surface area contributed by atoms with E-state index in [2.05, 4.69) is 0 Å². The Bertz CT molecular complexity index is 1190. The van der Waals surface area contributed by atoms with Gasteiger partial charge in [-0.25, -0.2) is 9.79 Å². The SMILES string of the molecule is O=C(O)c1cccc2cccc(C(=Nc3cccc(Cl)c3)c3ccccc3)c12. The van der Waals surface area contributed by atoms with E-state index in [1.165, 1.54) is 0 Å². The van der Waals surface area contributed by atoms with Gasteiger partial charge < -0.3 is 5.11 Å². The van der Waals surface area contributed by atoms with Crippen molar-refractivity contribution < 1.29 is 9.90 Å². The molecule has 4 rings (SSSR count). The second-order valence-corrected chi connectivity index (χ2v) is 6.76. The third-order valence-electron chi connectivity index (χ3n) is 4.49. The van der Waals surface area contributed by atoms with Crippen molar-refractivity contribution in [1.82, 2.24) is 0 Å². The molecular formula is C24H16ClNO2. The van der Waals surface area contributed by atoms with Crippen molar-refractivity contribution in [3.05, 3.63) is 113 Å². The van der Waals surface area contributed by atoms with E-state index < -0.39 is 5.97 Å². The van der Waals surface area contributed by atoms with Crippen LogP contribution in [0, 0.1) is 0 Å². The van der Waals surface area contributed by atoms with Crippen molar-refractivity contribution in [1.29, 1.82) is 0 Å². The first kappa shape index (κ1) is 18.0. The van der Waals surface area contributed by atoms with Crippen molar-refractivity contribution in [3.63, 3.8) is 0 Å². The topological polar surface area (TPSA) is 49.7 Å². The zero-order chi connectivity index (χ0) is 19.5. The largest absolute Gasteiger partial charge is 0.478 e. The van der Waals surface area contributed by atoms with Crippen molar-refractivity contribution in [3.8, 4) is 0 Å². The average Bonchev–Trinajstić information content (AvgIpc) is 2.72. The van der Waals surface area contributed by atoms with E-state index in [1.807, 2.05) is 66.7 Å². The second-order valence-electron chi connectivity index (χ2n) is 6.32. The number of fused-ring (bicyclic) bond motifs is 1. The molecule has 0 saturated heterocycles. The number of hydrogen-bond donors (Lipinski definition) is 1. The fourth-order valence-corrected chi connectivity index (χ4v) is 3.45. The summed E-state index contributed by atoms with van der Waals surface area (Å²) in [4.78, 5) is 16.7. The standard InChI is InChI=1S/C24H16ClNO2/c25-18-11-6-12-19(15-18)26-23(17-7-2-1-3-8-17)20-13-4-9-16-10-5-14-21(22(16)20)24(27)28/h1-15H,(H,27,28). The molecule has 0 bridgehead atoms. The molecule has 0 aromatic heterocycles. The lowest BCUT2D eigenvalue weighted by Gasteiger charge is -2.13. The Hall–Kier alpha value is -3.43. The molecule has 0 aliphatic heterocycles. The average molecular weight is 386 g/mol. The molecule has 4 aromatic rings. The number of benzene rings is 4. The normalized spacial score (nSPS) is 11.5. The highest BCUT2D eigenvalue weighted by molar-refractivity contribution is 6.31. The number of carboxylic acid groups (broad SMARTS) is 1. The van der Waals surface area contributed by atoms with Gasteiger partial charge in [0.15, 0.2) is 0 Å². The lowest BCUT2D eigenvalue weighted by molar-refractivity contribution is 0.0699. The predicted octanol–water partition coefficient (Wildman–Crippen LogP) is 6.36. The molecule has 4 heteroatoms. The molecule has 0 amide bonds. The van der Waals surface area contributed by atoms with Crippen molar-refractivity contribution in [2.75, 3.05) is 0 Å². The molecule has 0 heterocycles. The van der Waals surface area contributed by atoms with Crippen LogP contribution in [0.25, 0.3) is 10.8 Å². The minimum atomic E-state index is -0.965. The van der Waals surface area contributed by atoms with E-state index in [4.69, 9.17) is 16.6 Å². The Morgan fingerprint density at radius 2 is 1.46 bits per heavy atom. The number of halogens is 1. The molecule has 0 aliphatic carbocycles. The summed E-state index contributed by atoms with van der Waals surface area (Å²) >= 11 is 6.14. The molecule has 0 radical (unpaired) electrons. The Morgan fingerprint density at radius 3 is 2.14 bits per heavy atom. The number of nitrogens with zero attached hydrogens (tertiary/aromatic N) is 1. The third-order valence-corrected chi connectivity index (χ3v) is 4.72. The van der Waals surface area contributed by atoms with Crippen molar-refractivity contribution in [2.24, 2.45) is 4.99 Å². The molecule has 0 atom stereocenters. The number of rotatable bonds is 4. The predicted molar refractivity (Wildman–Crippen MR) is 114 cm³/mol. The van der Waals surface area contributed by atoms with Gasteiger partial charge in [-0.1, -0.05) is 78.3 Å². The maximum atomic E-state index is 11.9. The number of aliphatic imine (C=N–C) groups is 1. The Labute approximate surface area is 167 Å². The van der Waals surface area contributed by atoms with Gasteiger partial charge in [0, 0.05) is 21.5 Å². The molecule has 0 aliphatic rings. The highest BCUT2D eigenvalue weighted by Crippen LogP contribution is 2.28. The first-order chi connectivity index (χ1) is 13.6. The van der Waals surface area contributed by atoms with Gasteiger partial charge in [0.2, 0.25) is 0 Å². The Balaban J connectivity index is 2.05. The van der Waals surface area contributed by atoms with Crippen LogP contribution in [0.1, 0.15) is 21.5 Å². The lowest BCUT2D eigenvalue weighted by atomic mass is 9.93. The molecule has 3 nitrogen and oxygen atoms in total.